The van der Waals surface area contributed by atoms with E-state index in [-0.39, 0.29) is 37.0 Å². The summed E-state index contributed by atoms with van der Waals surface area (Å²) >= 11 is 0. The van der Waals surface area contributed by atoms with Crippen LogP contribution in [0.15, 0.2) is 53.3 Å². The lowest BCUT2D eigenvalue weighted by molar-refractivity contribution is -0.116. The van der Waals surface area contributed by atoms with Gasteiger partial charge in [0.05, 0.1) is 18.8 Å². The van der Waals surface area contributed by atoms with Gasteiger partial charge >= 0.3 is 6.09 Å². The van der Waals surface area contributed by atoms with E-state index in [1.54, 1.807) is 6.92 Å². The van der Waals surface area contributed by atoms with Crippen LogP contribution in [-0.4, -0.2) is 39.6 Å². The Morgan fingerprint density at radius 1 is 1.11 bits per heavy atom. The van der Waals surface area contributed by atoms with Crippen LogP contribution in [0.4, 0.5) is 14.9 Å². The number of rotatable bonds is 6. The number of carbonyl (C=O) groups is 2. The zero-order valence-corrected chi connectivity index (χ0v) is 19.7. The van der Waals surface area contributed by atoms with Gasteiger partial charge in [0.1, 0.15) is 18.2 Å². The highest BCUT2D eigenvalue weighted by molar-refractivity contribution is 5.91. The first-order valence-corrected chi connectivity index (χ1v) is 11.6. The SMILES string of the molecule is CCOC(=O)N1CCc2c(nc(-c3ccc(F)cc3)n(CC(=O)Nc3ccccc3CC)c2=O)C1. The largest absolute Gasteiger partial charge is 0.450 e. The molecule has 2 heterocycles. The number of aryl methyl sites for hydroxylation is 1. The summed E-state index contributed by atoms with van der Waals surface area (Å²) in [6.07, 6.45) is 0.569. The first-order valence-electron chi connectivity index (χ1n) is 11.6. The van der Waals surface area contributed by atoms with Crippen molar-refractivity contribution in [1.82, 2.24) is 14.5 Å². The summed E-state index contributed by atoms with van der Waals surface area (Å²) < 4.78 is 20.0. The van der Waals surface area contributed by atoms with Crippen LogP contribution in [0, 0.1) is 5.82 Å². The molecule has 35 heavy (non-hydrogen) atoms. The van der Waals surface area contributed by atoms with Gasteiger partial charge in [-0.2, -0.15) is 0 Å². The van der Waals surface area contributed by atoms with Crippen molar-refractivity contribution in [3.63, 3.8) is 0 Å². The molecular formula is C26H27FN4O4. The van der Waals surface area contributed by atoms with E-state index in [9.17, 15) is 18.8 Å². The van der Waals surface area contributed by atoms with Crippen LogP contribution in [0.3, 0.4) is 0 Å². The van der Waals surface area contributed by atoms with Gasteiger partial charge in [-0.1, -0.05) is 25.1 Å². The average Bonchev–Trinajstić information content (AvgIpc) is 2.86. The van der Waals surface area contributed by atoms with Crippen LogP contribution in [0.5, 0.6) is 0 Å². The molecule has 1 aromatic heterocycles. The number of aromatic nitrogens is 2. The third kappa shape index (κ3) is 5.24. The van der Waals surface area contributed by atoms with Crippen molar-refractivity contribution in [2.75, 3.05) is 18.5 Å². The Labute approximate surface area is 202 Å². The smallest absolute Gasteiger partial charge is 0.410 e. The van der Waals surface area contributed by atoms with Crippen molar-refractivity contribution >= 4 is 17.7 Å². The molecule has 0 spiro atoms. The highest BCUT2D eigenvalue weighted by atomic mass is 19.1. The standard InChI is InChI=1S/C26H27FN4O4/c1-3-17-7-5-6-8-21(17)28-23(32)16-31-24(18-9-11-19(27)12-10-18)29-22-15-30(26(34)35-4-2)14-13-20(22)25(31)33/h5-12H,3-4,13-16H2,1-2H3,(H,28,32). The topological polar surface area (TPSA) is 93.5 Å². The molecule has 0 aliphatic carbocycles. The maximum Gasteiger partial charge on any atom is 0.410 e. The van der Waals surface area contributed by atoms with Gasteiger partial charge in [0.15, 0.2) is 0 Å². The fourth-order valence-corrected chi connectivity index (χ4v) is 4.15. The Bertz CT molecular complexity index is 1300. The first kappa shape index (κ1) is 24.1. The molecule has 1 aliphatic heterocycles. The Kier molecular flexibility index (Phi) is 7.24. The molecule has 2 aromatic carbocycles. The number of hydrogen-bond donors (Lipinski definition) is 1. The minimum Gasteiger partial charge on any atom is -0.450 e. The molecule has 0 fully saturated rings. The zero-order valence-electron chi connectivity index (χ0n) is 19.7. The molecule has 0 bridgehead atoms. The van der Waals surface area contributed by atoms with Gasteiger partial charge in [0.25, 0.3) is 5.56 Å². The summed E-state index contributed by atoms with van der Waals surface area (Å²) in [5, 5.41) is 2.89. The summed E-state index contributed by atoms with van der Waals surface area (Å²) in [7, 11) is 0. The van der Waals surface area contributed by atoms with Gasteiger partial charge in [-0.15, -0.1) is 0 Å². The first-order chi connectivity index (χ1) is 16.9. The van der Waals surface area contributed by atoms with Gasteiger partial charge < -0.3 is 15.0 Å². The molecular weight excluding hydrogens is 451 g/mol. The number of nitrogens with one attached hydrogen (secondary N) is 1. The number of para-hydroxylation sites is 1. The van der Waals surface area contributed by atoms with Crippen LogP contribution < -0.4 is 10.9 Å². The molecule has 9 heteroatoms. The highest BCUT2D eigenvalue weighted by Gasteiger charge is 2.27. The molecule has 3 aromatic rings. The van der Waals surface area contributed by atoms with E-state index in [0.29, 0.717) is 35.5 Å². The second kappa shape index (κ2) is 10.5. The lowest BCUT2D eigenvalue weighted by Gasteiger charge is -2.28. The van der Waals surface area contributed by atoms with Crippen LogP contribution in [0.2, 0.25) is 0 Å². The summed E-state index contributed by atoms with van der Waals surface area (Å²) in [4.78, 5) is 44.9. The molecule has 2 amide bonds. The fourth-order valence-electron chi connectivity index (χ4n) is 4.15. The van der Waals surface area contributed by atoms with Crippen LogP contribution in [-0.2, 0) is 35.5 Å². The predicted molar refractivity (Wildman–Crippen MR) is 129 cm³/mol. The van der Waals surface area contributed by atoms with Crippen molar-refractivity contribution < 1.29 is 18.7 Å². The van der Waals surface area contributed by atoms with Crippen LogP contribution in [0.1, 0.15) is 30.7 Å². The maximum absolute atomic E-state index is 13.6. The molecule has 182 valence electrons. The van der Waals surface area contributed by atoms with E-state index in [0.717, 1.165) is 12.0 Å². The lowest BCUT2D eigenvalue weighted by atomic mass is 10.1. The highest BCUT2D eigenvalue weighted by Crippen LogP contribution is 2.22. The van der Waals surface area contributed by atoms with E-state index >= 15 is 0 Å². The zero-order chi connectivity index (χ0) is 24.9. The third-order valence-electron chi connectivity index (χ3n) is 5.92. The number of halogens is 1. The summed E-state index contributed by atoms with van der Waals surface area (Å²) in [5.74, 6) is -0.566. The predicted octanol–water partition coefficient (Wildman–Crippen LogP) is 3.77. The average molecular weight is 479 g/mol. The fraction of sp³-hybridized carbons (Fsp3) is 0.308. The van der Waals surface area contributed by atoms with Crippen LogP contribution in [0.25, 0.3) is 11.4 Å². The monoisotopic (exact) mass is 478 g/mol. The van der Waals surface area contributed by atoms with Gasteiger partial charge in [-0.25, -0.2) is 14.2 Å². The molecule has 0 saturated heterocycles. The van der Waals surface area contributed by atoms with E-state index in [1.165, 1.54) is 33.7 Å². The van der Waals surface area contributed by atoms with Crippen molar-refractivity contribution in [2.24, 2.45) is 0 Å². The maximum atomic E-state index is 13.6. The van der Waals surface area contributed by atoms with Gasteiger partial charge in [0, 0.05) is 23.4 Å². The van der Waals surface area contributed by atoms with E-state index in [4.69, 9.17) is 4.74 Å². The van der Waals surface area contributed by atoms with E-state index < -0.39 is 11.9 Å². The van der Waals surface area contributed by atoms with Crippen molar-refractivity contribution in [1.29, 1.82) is 0 Å². The molecule has 0 saturated carbocycles. The minimum atomic E-state index is -0.471. The molecule has 1 N–H and O–H groups in total. The molecule has 0 atom stereocenters. The number of carbonyl (C=O) groups excluding carboxylic acids is 2. The molecule has 0 radical (unpaired) electrons. The van der Waals surface area contributed by atoms with E-state index in [1.807, 2.05) is 31.2 Å². The second-order valence-corrected chi connectivity index (χ2v) is 8.19. The molecule has 1 aliphatic rings. The molecule has 0 unspecified atom stereocenters. The molecule has 4 rings (SSSR count). The van der Waals surface area contributed by atoms with Crippen LogP contribution >= 0.6 is 0 Å². The van der Waals surface area contributed by atoms with Crippen molar-refractivity contribution in [3.8, 4) is 11.4 Å². The van der Waals surface area contributed by atoms with Gasteiger partial charge in [-0.05, 0) is 55.7 Å². The van der Waals surface area contributed by atoms with E-state index in [2.05, 4.69) is 10.3 Å². The quantitative estimate of drug-likeness (QED) is 0.582. The Morgan fingerprint density at radius 3 is 2.57 bits per heavy atom. The Morgan fingerprint density at radius 2 is 1.86 bits per heavy atom. The third-order valence-corrected chi connectivity index (χ3v) is 5.92. The second-order valence-electron chi connectivity index (χ2n) is 8.19. The number of anilines is 1. The summed E-state index contributed by atoms with van der Waals surface area (Å²) in [6.45, 7) is 4.14. The minimum absolute atomic E-state index is 0.120. The number of amides is 2. The molecule has 8 nitrogen and oxygen atoms in total. The van der Waals surface area contributed by atoms with Crippen molar-refractivity contribution in [2.45, 2.75) is 39.8 Å². The number of benzene rings is 2. The summed E-state index contributed by atoms with van der Waals surface area (Å²) in [6, 6.07) is 13.0. The number of nitrogens with zero attached hydrogens (tertiary/aromatic N) is 3. The van der Waals surface area contributed by atoms with Gasteiger partial charge in [-0.3, -0.25) is 14.2 Å². The normalized spacial score (nSPS) is 12.7. The van der Waals surface area contributed by atoms with Gasteiger partial charge in [0.2, 0.25) is 5.91 Å². The number of ether oxygens (including phenoxy) is 1. The summed E-state index contributed by atoms with van der Waals surface area (Å²) in [5.41, 5.74) is 2.71. The number of fused-ring (bicyclic) bond motifs is 1. The number of hydrogen-bond acceptors (Lipinski definition) is 5. The lowest BCUT2D eigenvalue weighted by Crippen LogP contribution is -2.42. The Hall–Kier alpha value is -4.01. The van der Waals surface area contributed by atoms with Crippen molar-refractivity contribution in [3.05, 3.63) is 81.5 Å². The Balaban J connectivity index is 1.72.